The number of rotatable bonds is 2. The maximum atomic E-state index is 5.78. The number of hydrogen-bond acceptors (Lipinski definition) is 2. The summed E-state index contributed by atoms with van der Waals surface area (Å²) in [6, 6.07) is 0.539. The van der Waals surface area contributed by atoms with Crippen LogP contribution in [0.4, 0.5) is 0 Å². The molecule has 0 saturated carbocycles. The Balaban J connectivity index is 2.33. The van der Waals surface area contributed by atoms with Crippen LogP contribution >= 0.6 is 0 Å². The molecule has 1 aliphatic heterocycles. The lowest BCUT2D eigenvalue weighted by atomic mass is 9.67. The molecular formula is C12H26BNO. The molecule has 1 atom stereocenters. The third-order valence-electron chi connectivity index (χ3n) is 2.58. The predicted octanol–water partition coefficient (Wildman–Crippen LogP) is 2.95. The average molecular weight is 211 g/mol. The van der Waals surface area contributed by atoms with Crippen molar-refractivity contribution < 1.29 is 4.65 Å². The van der Waals surface area contributed by atoms with Gasteiger partial charge in [0.1, 0.15) is 0 Å². The van der Waals surface area contributed by atoms with E-state index in [0.717, 1.165) is 12.9 Å². The van der Waals surface area contributed by atoms with Crippen LogP contribution in [0.1, 0.15) is 48.0 Å². The molecule has 1 fully saturated rings. The molecular weight excluding hydrogens is 185 g/mol. The fourth-order valence-electron chi connectivity index (χ4n) is 2.12. The fraction of sp³-hybridized carbons (Fsp3) is 1.00. The average Bonchev–Trinajstić information content (AvgIpc) is 2.28. The minimum Gasteiger partial charge on any atom is -0.420 e. The number of nitrogens with one attached hydrogen (secondary N) is 1. The van der Waals surface area contributed by atoms with E-state index in [0.29, 0.717) is 16.9 Å². The second-order valence-electron chi connectivity index (χ2n) is 7.22. The van der Waals surface area contributed by atoms with Crippen molar-refractivity contribution in [3.05, 3.63) is 0 Å². The highest BCUT2D eigenvalue weighted by Crippen LogP contribution is 2.26. The van der Waals surface area contributed by atoms with Crippen molar-refractivity contribution in [2.45, 2.75) is 60.3 Å². The zero-order valence-electron chi connectivity index (χ0n) is 11.2. The van der Waals surface area contributed by atoms with Gasteiger partial charge in [0.05, 0.1) is 0 Å². The molecule has 1 N–H and O–H groups in total. The van der Waals surface area contributed by atoms with Gasteiger partial charge in [0, 0.05) is 12.6 Å². The molecule has 1 rings (SSSR count). The van der Waals surface area contributed by atoms with Gasteiger partial charge in [0.2, 0.25) is 0 Å². The summed E-state index contributed by atoms with van der Waals surface area (Å²) >= 11 is 0. The summed E-state index contributed by atoms with van der Waals surface area (Å²) in [4.78, 5) is 0. The molecule has 2 nitrogen and oxygen atoms in total. The van der Waals surface area contributed by atoms with Crippen molar-refractivity contribution in [1.82, 2.24) is 5.23 Å². The highest BCUT2D eigenvalue weighted by molar-refractivity contribution is 6.49. The van der Waals surface area contributed by atoms with Gasteiger partial charge in [-0.1, -0.05) is 41.5 Å². The van der Waals surface area contributed by atoms with Crippen molar-refractivity contribution in [2.24, 2.45) is 10.8 Å². The highest BCUT2D eigenvalue weighted by atomic mass is 16.5. The molecule has 88 valence electrons. The van der Waals surface area contributed by atoms with Crippen molar-refractivity contribution in [3.63, 3.8) is 0 Å². The Bertz CT molecular complexity index is 183. The van der Waals surface area contributed by atoms with Gasteiger partial charge in [-0.15, -0.1) is 0 Å². The van der Waals surface area contributed by atoms with Crippen molar-refractivity contribution in [2.75, 3.05) is 6.61 Å². The van der Waals surface area contributed by atoms with Crippen LogP contribution in [0, 0.1) is 10.8 Å². The summed E-state index contributed by atoms with van der Waals surface area (Å²) in [5.41, 5.74) is 0.728. The largest absolute Gasteiger partial charge is 0.420 e. The third-order valence-corrected chi connectivity index (χ3v) is 2.58. The Hall–Kier alpha value is -0.0151. The first-order chi connectivity index (χ1) is 6.66. The van der Waals surface area contributed by atoms with E-state index < -0.39 is 0 Å². The normalized spacial score (nSPS) is 23.6. The van der Waals surface area contributed by atoms with Gasteiger partial charge in [-0.25, -0.2) is 0 Å². The van der Waals surface area contributed by atoms with Crippen LogP contribution in [0.2, 0.25) is 6.32 Å². The second kappa shape index (κ2) is 4.46. The zero-order chi connectivity index (χ0) is 11.7. The SMILES string of the molecule is CC(C)(C)CB1NC(CC(C)(C)C)CO1. The lowest BCUT2D eigenvalue weighted by molar-refractivity contribution is 0.275. The van der Waals surface area contributed by atoms with E-state index in [-0.39, 0.29) is 7.05 Å². The molecule has 1 saturated heterocycles. The molecule has 0 aliphatic carbocycles. The van der Waals surface area contributed by atoms with Crippen LogP contribution in [0.3, 0.4) is 0 Å². The molecule has 15 heavy (non-hydrogen) atoms. The van der Waals surface area contributed by atoms with E-state index in [1.165, 1.54) is 6.42 Å². The summed E-state index contributed by atoms with van der Waals surface area (Å²) in [5, 5.41) is 3.58. The monoisotopic (exact) mass is 211 g/mol. The Kier molecular flexibility index (Phi) is 3.88. The summed E-state index contributed by atoms with van der Waals surface area (Å²) in [6.07, 6.45) is 2.28. The van der Waals surface area contributed by atoms with Gasteiger partial charge in [-0.3, -0.25) is 0 Å². The Morgan fingerprint density at radius 3 is 2.20 bits per heavy atom. The van der Waals surface area contributed by atoms with Crippen LogP contribution in [-0.2, 0) is 4.65 Å². The van der Waals surface area contributed by atoms with Gasteiger partial charge in [0.25, 0.3) is 0 Å². The molecule has 1 unspecified atom stereocenters. The summed E-state index contributed by atoms with van der Waals surface area (Å²) < 4.78 is 5.78. The van der Waals surface area contributed by atoms with Gasteiger partial charge >= 0.3 is 7.05 Å². The molecule has 1 heterocycles. The highest BCUT2D eigenvalue weighted by Gasteiger charge is 2.34. The van der Waals surface area contributed by atoms with Crippen molar-refractivity contribution in [1.29, 1.82) is 0 Å². The first-order valence-corrected chi connectivity index (χ1v) is 6.03. The van der Waals surface area contributed by atoms with E-state index >= 15 is 0 Å². The molecule has 0 bridgehead atoms. The van der Waals surface area contributed by atoms with Gasteiger partial charge in [-0.2, -0.15) is 0 Å². The molecule has 0 amide bonds. The van der Waals surface area contributed by atoms with Crippen LogP contribution in [-0.4, -0.2) is 19.7 Å². The standard InChI is InChI=1S/C12H26BNO/c1-11(2,3)7-10-8-15-13(14-10)9-12(4,5)6/h10,14H,7-9H2,1-6H3. The molecule has 3 heteroatoms. The zero-order valence-corrected chi connectivity index (χ0v) is 11.2. The molecule has 0 spiro atoms. The van der Waals surface area contributed by atoms with E-state index in [9.17, 15) is 0 Å². The van der Waals surface area contributed by atoms with Gasteiger partial charge in [-0.05, 0) is 23.6 Å². The van der Waals surface area contributed by atoms with Gasteiger partial charge in [0.15, 0.2) is 0 Å². The van der Waals surface area contributed by atoms with E-state index in [4.69, 9.17) is 4.65 Å². The topological polar surface area (TPSA) is 21.3 Å². The minimum absolute atomic E-state index is 0.261. The molecule has 1 aliphatic rings. The summed E-state index contributed by atoms with van der Waals surface area (Å²) in [6.45, 7) is 14.5. The Morgan fingerprint density at radius 2 is 1.73 bits per heavy atom. The maximum absolute atomic E-state index is 5.78. The lowest BCUT2D eigenvalue weighted by Crippen LogP contribution is -2.38. The smallest absolute Gasteiger partial charge is 0.380 e. The maximum Gasteiger partial charge on any atom is 0.380 e. The molecule has 0 aromatic carbocycles. The van der Waals surface area contributed by atoms with Crippen LogP contribution in [0.5, 0.6) is 0 Å². The van der Waals surface area contributed by atoms with E-state index in [1.807, 2.05) is 0 Å². The summed E-state index contributed by atoms with van der Waals surface area (Å²) in [7, 11) is 0.261. The Labute approximate surface area is 95.3 Å². The lowest BCUT2D eigenvalue weighted by Gasteiger charge is -2.23. The quantitative estimate of drug-likeness (QED) is 0.709. The summed E-state index contributed by atoms with van der Waals surface area (Å²) in [5.74, 6) is 0. The number of hydrogen-bond donors (Lipinski definition) is 1. The second-order valence-corrected chi connectivity index (χ2v) is 7.22. The van der Waals surface area contributed by atoms with E-state index in [1.54, 1.807) is 0 Å². The third kappa shape index (κ3) is 5.57. The van der Waals surface area contributed by atoms with Gasteiger partial charge < -0.3 is 9.88 Å². The van der Waals surface area contributed by atoms with E-state index in [2.05, 4.69) is 46.8 Å². The molecule has 0 aromatic heterocycles. The van der Waals surface area contributed by atoms with Crippen LogP contribution < -0.4 is 5.23 Å². The van der Waals surface area contributed by atoms with Crippen molar-refractivity contribution >= 4 is 7.05 Å². The van der Waals surface area contributed by atoms with Crippen molar-refractivity contribution in [3.8, 4) is 0 Å². The first-order valence-electron chi connectivity index (χ1n) is 6.03. The van der Waals surface area contributed by atoms with Crippen LogP contribution in [0.25, 0.3) is 0 Å². The van der Waals surface area contributed by atoms with Crippen LogP contribution in [0.15, 0.2) is 0 Å². The fourth-order valence-corrected chi connectivity index (χ4v) is 2.12. The predicted molar refractivity (Wildman–Crippen MR) is 67.0 cm³/mol. The molecule has 0 aromatic rings. The Morgan fingerprint density at radius 1 is 1.13 bits per heavy atom. The minimum atomic E-state index is 0.261. The molecule has 0 radical (unpaired) electrons. The first kappa shape index (κ1) is 13.1.